The Balaban J connectivity index is 1.43. The zero-order valence-electron chi connectivity index (χ0n) is 17.5. The van der Waals surface area contributed by atoms with E-state index in [4.69, 9.17) is 16.3 Å². The number of hydrogen-bond donors (Lipinski definition) is 1. The number of halogens is 1. The summed E-state index contributed by atoms with van der Waals surface area (Å²) in [5.74, 6) is 0.194. The number of nitrogens with zero attached hydrogens (tertiary/aromatic N) is 1. The number of fused-ring (bicyclic) bond motifs is 1. The van der Waals surface area contributed by atoms with Gasteiger partial charge in [-0.1, -0.05) is 41.4 Å². The standard InChI is InChI=1S/C24H23ClN2O4S/c1-17-5-9-23(10-6-17)32(29,30)27-12-11-18-7-8-21(13-19(18)15-27)26-24(28)16-31-22-4-2-3-20(25)14-22/h2-10,13-14H,11-12,15-16H2,1H3,(H,26,28). The van der Waals surface area contributed by atoms with Crippen LogP contribution in [-0.4, -0.2) is 31.8 Å². The van der Waals surface area contributed by atoms with Crippen LogP contribution < -0.4 is 10.1 Å². The van der Waals surface area contributed by atoms with Gasteiger partial charge < -0.3 is 10.1 Å². The Kier molecular flexibility index (Phi) is 6.50. The Morgan fingerprint density at radius 1 is 1.06 bits per heavy atom. The Morgan fingerprint density at radius 2 is 1.84 bits per heavy atom. The van der Waals surface area contributed by atoms with Crippen molar-refractivity contribution in [1.82, 2.24) is 4.31 Å². The van der Waals surface area contributed by atoms with Crippen molar-refractivity contribution >= 4 is 33.2 Å². The highest BCUT2D eigenvalue weighted by molar-refractivity contribution is 7.89. The SMILES string of the molecule is Cc1ccc(S(=O)(=O)N2CCc3ccc(NC(=O)COc4cccc(Cl)c4)cc3C2)cc1. The molecule has 0 saturated carbocycles. The Labute approximate surface area is 192 Å². The number of carbonyl (C=O) groups is 1. The molecule has 3 aromatic rings. The van der Waals surface area contributed by atoms with Crippen LogP contribution in [0.2, 0.25) is 5.02 Å². The first-order valence-corrected chi connectivity index (χ1v) is 12.0. The molecule has 0 fully saturated rings. The summed E-state index contributed by atoms with van der Waals surface area (Å²) in [6.07, 6.45) is 0.618. The number of carbonyl (C=O) groups excluding carboxylic acids is 1. The van der Waals surface area contributed by atoms with E-state index in [1.54, 1.807) is 48.5 Å². The van der Waals surface area contributed by atoms with E-state index < -0.39 is 10.0 Å². The lowest BCUT2D eigenvalue weighted by Crippen LogP contribution is -2.36. The molecule has 0 atom stereocenters. The van der Waals surface area contributed by atoms with Gasteiger partial charge in [-0.2, -0.15) is 4.31 Å². The van der Waals surface area contributed by atoms with Crippen molar-refractivity contribution in [3.8, 4) is 5.75 Å². The highest BCUT2D eigenvalue weighted by Crippen LogP contribution is 2.27. The largest absolute Gasteiger partial charge is 0.484 e. The van der Waals surface area contributed by atoms with Gasteiger partial charge in [0.05, 0.1) is 4.90 Å². The van der Waals surface area contributed by atoms with Gasteiger partial charge in [0, 0.05) is 23.8 Å². The van der Waals surface area contributed by atoms with Gasteiger partial charge in [0.25, 0.3) is 5.91 Å². The third kappa shape index (κ3) is 5.12. The van der Waals surface area contributed by atoms with Gasteiger partial charge in [0.1, 0.15) is 5.75 Å². The van der Waals surface area contributed by atoms with Crippen LogP contribution in [0, 0.1) is 6.92 Å². The van der Waals surface area contributed by atoms with Crippen molar-refractivity contribution in [2.75, 3.05) is 18.5 Å². The lowest BCUT2D eigenvalue weighted by molar-refractivity contribution is -0.118. The Morgan fingerprint density at radius 3 is 2.59 bits per heavy atom. The predicted octanol–water partition coefficient (Wildman–Crippen LogP) is 4.41. The molecule has 1 heterocycles. The molecule has 0 aromatic heterocycles. The molecule has 3 aromatic carbocycles. The van der Waals surface area contributed by atoms with E-state index in [0.29, 0.717) is 29.4 Å². The topological polar surface area (TPSA) is 75.7 Å². The van der Waals surface area contributed by atoms with Crippen LogP contribution in [0.1, 0.15) is 16.7 Å². The first-order chi connectivity index (χ1) is 15.3. The van der Waals surface area contributed by atoms with Gasteiger partial charge in [-0.05, 0) is 66.9 Å². The lowest BCUT2D eigenvalue weighted by atomic mass is 10.0. The van der Waals surface area contributed by atoms with Crippen LogP contribution in [0.5, 0.6) is 5.75 Å². The monoisotopic (exact) mass is 470 g/mol. The fourth-order valence-corrected chi connectivity index (χ4v) is 5.18. The van der Waals surface area contributed by atoms with Crippen LogP contribution >= 0.6 is 11.6 Å². The number of sulfonamides is 1. The fraction of sp³-hybridized carbons (Fsp3) is 0.208. The number of anilines is 1. The molecule has 8 heteroatoms. The van der Waals surface area contributed by atoms with Crippen molar-refractivity contribution in [3.63, 3.8) is 0 Å². The fourth-order valence-electron chi connectivity index (χ4n) is 3.58. The molecular formula is C24H23ClN2O4S. The zero-order valence-corrected chi connectivity index (χ0v) is 19.1. The summed E-state index contributed by atoms with van der Waals surface area (Å²) < 4.78 is 33.0. The summed E-state index contributed by atoms with van der Waals surface area (Å²) in [6, 6.07) is 19.3. The van der Waals surface area contributed by atoms with Crippen LogP contribution in [0.25, 0.3) is 0 Å². The zero-order chi connectivity index (χ0) is 22.7. The number of benzene rings is 3. The molecule has 0 radical (unpaired) electrons. The predicted molar refractivity (Wildman–Crippen MR) is 124 cm³/mol. The minimum atomic E-state index is -3.59. The molecule has 32 heavy (non-hydrogen) atoms. The van der Waals surface area contributed by atoms with Crippen molar-refractivity contribution in [3.05, 3.63) is 88.4 Å². The Bertz CT molecular complexity index is 1240. The van der Waals surface area contributed by atoms with Gasteiger partial charge in [0.15, 0.2) is 6.61 Å². The summed E-state index contributed by atoms with van der Waals surface area (Å²) in [7, 11) is -3.59. The molecule has 166 valence electrons. The van der Waals surface area contributed by atoms with Gasteiger partial charge in [0.2, 0.25) is 10.0 Å². The van der Waals surface area contributed by atoms with Crippen molar-refractivity contribution in [2.45, 2.75) is 24.8 Å². The van der Waals surface area contributed by atoms with Crippen LogP contribution in [0.4, 0.5) is 5.69 Å². The highest BCUT2D eigenvalue weighted by atomic mass is 35.5. The van der Waals surface area contributed by atoms with E-state index in [1.807, 2.05) is 25.1 Å². The third-order valence-electron chi connectivity index (χ3n) is 5.29. The summed E-state index contributed by atoms with van der Waals surface area (Å²) >= 11 is 5.92. The third-order valence-corrected chi connectivity index (χ3v) is 7.39. The van der Waals surface area contributed by atoms with E-state index in [9.17, 15) is 13.2 Å². The summed E-state index contributed by atoms with van der Waals surface area (Å²) in [5, 5.41) is 3.33. The number of nitrogens with one attached hydrogen (secondary N) is 1. The summed E-state index contributed by atoms with van der Waals surface area (Å²) in [6.45, 7) is 2.44. The normalized spacial score (nSPS) is 13.9. The molecule has 0 unspecified atom stereocenters. The summed E-state index contributed by atoms with van der Waals surface area (Å²) in [5.41, 5.74) is 3.56. The average molecular weight is 471 g/mol. The van der Waals surface area contributed by atoms with Crippen molar-refractivity contribution < 1.29 is 17.9 Å². The van der Waals surface area contributed by atoms with Gasteiger partial charge in [-0.15, -0.1) is 0 Å². The smallest absolute Gasteiger partial charge is 0.262 e. The molecule has 1 amide bonds. The second kappa shape index (κ2) is 9.32. The molecule has 4 rings (SSSR count). The molecule has 0 aliphatic carbocycles. The van der Waals surface area contributed by atoms with E-state index in [0.717, 1.165) is 16.7 Å². The molecule has 6 nitrogen and oxygen atoms in total. The maximum absolute atomic E-state index is 13.0. The molecule has 1 aliphatic rings. The number of ether oxygens (including phenoxy) is 1. The molecule has 0 bridgehead atoms. The van der Waals surface area contributed by atoms with E-state index in [1.165, 1.54) is 4.31 Å². The second-order valence-corrected chi connectivity index (χ2v) is 10.1. The maximum atomic E-state index is 13.0. The number of amides is 1. The highest BCUT2D eigenvalue weighted by Gasteiger charge is 2.28. The summed E-state index contributed by atoms with van der Waals surface area (Å²) in [4.78, 5) is 12.6. The maximum Gasteiger partial charge on any atom is 0.262 e. The van der Waals surface area contributed by atoms with Crippen molar-refractivity contribution in [1.29, 1.82) is 0 Å². The molecule has 0 spiro atoms. The molecule has 1 N–H and O–H groups in total. The van der Waals surface area contributed by atoms with Gasteiger partial charge in [-0.3, -0.25) is 4.79 Å². The average Bonchev–Trinajstić information content (AvgIpc) is 2.77. The van der Waals surface area contributed by atoms with E-state index in [-0.39, 0.29) is 24.0 Å². The minimum Gasteiger partial charge on any atom is -0.484 e. The lowest BCUT2D eigenvalue weighted by Gasteiger charge is -2.28. The van der Waals surface area contributed by atoms with Crippen molar-refractivity contribution in [2.24, 2.45) is 0 Å². The molecule has 0 saturated heterocycles. The van der Waals surface area contributed by atoms with Crippen LogP contribution in [0.3, 0.4) is 0 Å². The molecular weight excluding hydrogens is 448 g/mol. The van der Waals surface area contributed by atoms with E-state index in [2.05, 4.69) is 5.32 Å². The molecule has 1 aliphatic heterocycles. The van der Waals surface area contributed by atoms with Crippen LogP contribution in [0.15, 0.2) is 71.6 Å². The van der Waals surface area contributed by atoms with Crippen LogP contribution in [-0.2, 0) is 27.8 Å². The number of rotatable bonds is 6. The number of hydrogen-bond acceptors (Lipinski definition) is 4. The van der Waals surface area contributed by atoms with E-state index >= 15 is 0 Å². The first kappa shape index (κ1) is 22.3. The Hall–Kier alpha value is -2.87. The quantitative estimate of drug-likeness (QED) is 0.579. The van der Waals surface area contributed by atoms with Gasteiger partial charge >= 0.3 is 0 Å². The van der Waals surface area contributed by atoms with Gasteiger partial charge in [-0.25, -0.2) is 8.42 Å². The number of aryl methyl sites for hydroxylation is 1. The minimum absolute atomic E-state index is 0.161. The second-order valence-electron chi connectivity index (χ2n) is 7.68. The first-order valence-electron chi connectivity index (χ1n) is 10.2.